The molecule has 0 aliphatic carbocycles. The molecule has 0 spiro atoms. The quantitative estimate of drug-likeness (QED) is 0.616. The first-order chi connectivity index (χ1) is 12.2. The van der Waals surface area contributed by atoms with Gasteiger partial charge in [-0.2, -0.15) is 0 Å². The molecule has 1 saturated heterocycles. The molecule has 7 nitrogen and oxygen atoms in total. The van der Waals surface area contributed by atoms with Crippen molar-refractivity contribution in [3.05, 3.63) is 35.4 Å². The number of methoxy groups -OCH3 is 1. The van der Waals surface area contributed by atoms with Gasteiger partial charge >= 0.3 is 12.1 Å². The van der Waals surface area contributed by atoms with Crippen LogP contribution < -0.4 is 0 Å². The number of carboxylic acids is 1. The van der Waals surface area contributed by atoms with E-state index in [9.17, 15) is 14.7 Å². The Morgan fingerprint density at radius 1 is 1.31 bits per heavy atom. The molecule has 1 aliphatic rings. The van der Waals surface area contributed by atoms with Crippen LogP contribution in [0.1, 0.15) is 44.2 Å². The Hall–Kier alpha value is -2.12. The Bertz CT molecular complexity index is 639. The van der Waals surface area contributed by atoms with Crippen LogP contribution in [0.25, 0.3) is 0 Å². The average Bonchev–Trinajstić information content (AvgIpc) is 3.00. The van der Waals surface area contributed by atoms with Crippen LogP contribution in [0.4, 0.5) is 4.79 Å². The first-order valence-electron chi connectivity index (χ1n) is 8.59. The normalized spacial score (nSPS) is 20.2. The molecule has 0 radical (unpaired) electrons. The number of benzene rings is 1. The van der Waals surface area contributed by atoms with Crippen LogP contribution in [0.3, 0.4) is 0 Å². The first kappa shape index (κ1) is 20.2. The number of ether oxygens (including phenoxy) is 3. The lowest BCUT2D eigenvalue weighted by atomic mass is 9.95. The van der Waals surface area contributed by atoms with Crippen LogP contribution in [0.15, 0.2) is 24.3 Å². The molecule has 1 heterocycles. The number of nitrogens with zero attached hydrogens (tertiary/aromatic N) is 1. The summed E-state index contributed by atoms with van der Waals surface area (Å²) in [6.45, 7) is 6.22. The van der Waals surface area contributed by atoms with E-state index >= 15 is 0 Å². The minimum atomic E-state index is -1.02. The molecule has 2 rings (SSSR count). The van der Waals surface area contributed by atoms with E-state index in [0.29, 0.717) is 19.6 Å². The van der Waals surface area contributed by atoms with Crippen LogP contribution in [0, 0.1) is 0 Å². The topological polar surface area (TPSA) is 85.3 Å². The highest BCUT2D eigenvalue weighted by molar-refractivity contribution is 5.81. The molecule has 0 unspecified atom stereocenters. The number of likely N-dealkylation sites (tertiary alicyclic amines) is 1. The molecule has 1 amide bonds. The summed E-state index contributed by atoms with van der Waals surface area (Å²) in [6.07, 6.45) is -0.233. The smallest absolute Gasteiger partial charge is 0.411 e. The van der Waals surface area contributed by atoms with Gasteiger partial charge in [0.15, 0.2) is 0 Å². The van der Waals surface area contributed by atoms with E-state index in [1.165, 1.54) is 4.90 Å². The highest BCUT2D eigenvalue weighted by Crippen LogP contribution is 2.33. The molecule has 0 aromatic heterocycles. The summed E-state index contributed by atoms with van der Waals surface area (Å²) in [4.78, 5) is 25.3. The van der Waals surface area contributed by atoms with E-state index in [1.54, 1.807) is 27.9 Å². The fourth-order valence-electron chi connectivity index (χ4n) is 3.01. The Kier molecular flexibility index (Phi) is 6.61. The third-order valence-electron chi connectivity index (χ3n) is 4.11. The Morgan fingerprint density at radius 2 is 2.04 bits per heavy atom. The summed E-state index contributed by atoms with van der Waals surface area (Å²) in [7, 11) is 1.56. The molecule has 26 heavy (non-hydrogen) atoms. The molecule has 1 aromatic carbocycles. The monoisotopic (exact) mass is 365 g/mol. The van der Waals surface area contributed by atoms with Gasteiger partial charge in [0.2, 0.25) is 0 Å². The van der Waals surface area contributed by atoms with Crippen LogP contribution >= 0.6 is 0 Å². The second kappa shape index (κ2) is 8.51. The van der Waals surface area contributed by atoms with Crippen molar-refractivity contribution in [2.24, 2.45) is 0 Å². The number of hydrogen-bond donors (Lipinski definition) is 1. The lowest BCUT2D eigenvalue weighted by Gasteiger charge is -2.26. The number of carbonyl (C=O) groups is 2. The Balaban J connectivity index is 2.12. The van der Waals surface area contributed by atoms with E-state index in [2.05, 4.69) is 0 Å². The molecule has 144 valence electrons. The number of hydrogen-bond acceptors (Lipinski definition) is 5. The fourth-order valence-corrected chi connectivity index (χ4v) is 3.01. The first-order valence-corrected chi connectivity index (χ1v) is 8.59. The van der Waals surface area contributed by atoms with Gasteiger partial charge in [0.1, 0.15) is 18.4 Å². The van der Waals surface area contributed by atoms with Crippen LogP contribution in [-0.4, -0.2) is 54.2 Å². The largest absolute Gasteiger partial charge is 0.480 e. The zero-order valence-corrected chi connectivity index (χ0v) is 15.7. The van der Waals surface area contributed by atoms with E-state index < -0.39 is 23.7 Å². The zero-order valence-electron chi connectivity index (χ0n) is 15.7. The molecule has 1 N–H and O–H groups in total. The number of carbonyl (C=O) groups excluding carboxylic acids is 1. The van der Waals surface area contributed by atoms with E-state index in [-0.39, 0.29) is 12.7 Å². The van der Waals surface area contributed by atoms with Gasteiger partial charge in [-0.1, -0.05) is 24.3 Å². The van der Waals surface area contributed by atoms with Crippen LogP contribution in [0.5, 0.6) is 0 Å². The lowest BCUT2D eigenvalue weighted by Crippen LogP contribution is -2.43. The molecule has 7 heteroatoms. The molecule has 1 fully saturated rings. The van der Waals surface area contributed by atoms with Crippen molar-refractivity contribution in [3.63, 3.8) is 0 Å². The third-order valence-corrected chi connectivity index (χ3v) is 4.11. The molecule has 0 saturated carbocycles. The maximum absolute atomic E-state index is 12.4. The minimum Gasteiger partial charge on any atom is -0.480 e. The number of amides is 1. The van der Waals surface area contributed by atoms with Crippen LogP contribution in [0.2, 0.25) is 0 Å². The highest BCUT2D eigenvalue weighted by Gasteiger charge is 2.42. The van der Waals surface area contributed by atoms with Gasteiger partial charge < -0.3 is 19.3 Å². The zero-order chi connectivity index (χ0) is 19.3. The van der Waals surface area contributed by atoms with E-state index in [4.69, 9.17) is 14.2 Å². The van der Waals surface area contributed by atoms with Gasteiger partial charge in [0.05, 0.1) is 6.61 Å². The fraction of sp³-hybridized carbons (Fsp3) is 0.579. The summed E-state index contributed by atoms with van der Waals surface area (Å²) in [5.74, 6) is -1.08. The molecule has 2 atom stereocenters. The molecular formula is C19H27NO6. The average molecular weight is 365 g/mol. The summed E-state index contributed by atoms with van der Waals surface area (Å²) in [5, 5.41) is 9.51. The highest BCUT2D eigenvalue weighted by atomic mass is 16.7. The Morgan fingerprint density at radius 3 is 2.65 bits per heavy atom. The number of aliphatic carboxylic acids is 1. The van der Waals surface area contributed by atoms with Crippen molar-refractivity contribution in [3.8, 4) is 0 Å². The maximum Gasteiger partial charge on any atom is 0.411 e. The van der Waals surface area contributed by atoms with Gasteiger partial charge in [-0.05, 0) is 38.3 Å². The number of rotatable bonds is 6. The van der Waals surface area contributed by atoms with Gasteiger partial charge in [-0.3, -0.25) is 4.90 Å². The van der Waals surface area contributed by atoms with Crippen molar-refractivity contribution in [1.82, 2.24) is 4.90 Å². The Labute approximate surface area is 153 Å². The van der Waals surface area contributed by atoms with E-state index in [1.807, 2.05) is 24.3 Å². The van der Waals surface area contributed by atoms with Gasteiger partial charge in [-0.15, -0.1) is 0 Å². The second-order valence-corrected chi connectivity index (χ2v) is 7.42. The molecular weight excluding hydrogens is 338 g/mol. The van der Waals surface area contributed by atoms with Crippen molar-refractivity contribution in [1.29, 1.82) is 0 Å². The van der Waals surface area contributed by atoms with Gasteiger partial charge in [-0.25, -0.2) is 9.59 Å². The van der Waals surface area contributed by atoms with E-state index in [0.717, 1.165) is 11.1 Å². The SMILES string of the molecule is COCOCc1cccc([C@H]2C[C@H](C(=O)O)N(C(=O)OC(C)(C)C)C2)c1. The van der Waals surface area contributed by atoms with Crippen LogP contribution in [-0.2, 0) is 25.6 Å². The minimum absolute atomic E-state index is 0.0639. The lowest BCUT2D eigenvalue weighted by molar-refractivity contribution is -0.142. The predicted molar refractivity (Wildman–Crippen MR) is 94.8 cm³/mol. The maximum atomic E-state index is 12.4. The third kappa shape index (κ3) is 5.44. The summed E-state index contributed by atoms with van der Waals surface area (Å²) >= 11 is 0. The molecule has 1 aliphatic heterocycles. The van der Waals surface area contributed by atoms with Crippen molar-refractivity contribution in [2.75, 3.05) is 20.4 Å². The summed E-state index contributed by atoms with van der Waals surface area (Å²) < 4.78 is 15.6. The molecule has 1 aromatic rings. The standard InChI is InChI=1S/C19H27NO6/c1-19(2,3)26-18(23)20-10-15(9-16(20)17(21)22)14-7-5-6-13(8-14)11-25-12-24-4/h5-8,15-16H,9-12H2,1-4H3,(H,21,22)/t15-,16+/m0/s1. The summed E-state index contributed by atoms with van der Waals surface area (Å²) in [5.41, 5.74) is 1.29. The van der Waals surface area contributed by atoms with Gasteiger partial charge in [0.25, 0.3) is 0 Å². The van der Waals surface area contributed by atoms with Crippen molar-refractivity contribution in [2.45, 2.75) is 51.4 Å². The summed E-state index contributed by atoms with van der Waals surface area (Å²) in [6, 6.07) is 6.89. The van der Waals surface area contributed by atoms with Gasteiger partial charge in [0, 0.05) is 19.6 Å². The number of carboxylic acid groups (broad SMARTS) is 1. The predicted octanol–water partition coefficient (Wildman–Crippen LogP) is 2.98. The second-order valence-electron chi connectivity index (χ2n) is 7.42. The molecule has 0 bridgehead atoms. The van der Waals surface area contributed by atoms with Crippen molar-refractivity contribution >= 4 is 12.1 Å². The van der Waals surface area contributed by atoms with Crippen molar-refractivity contribution < 1.29 is 28.9 Å².